The van der Waals surface area contributed by atoms with Crippen LogP contribution in [0.1, 0.15) is 29.8 Å². The average molecular weight is 390 g/mol. The maximum absolute atomic E-state index is 12.5. The van der Waals surface area contributed by atoms with E-state index in [4.69, 9.17) is 4.74 Å². The third-order valence-corrected chi connectivity index (χ3v) is 5.07. The first-order valence-corrected chi connectivity index (χ1v) is 9.89. The molecule has 27 heavy (non-hydrogen) atoms. The van der Waals surface area contributed by atoms with Crippen LogP contribution in [0.15, 0.2) is 53.4 Å². The highest BCUT2D eigenvalue weighted by molar-refractivity contribution is 7.92. The van der Waals surface area contributed by atoms with Gasteiger partial charge in [-0.15, -0.1) is 0 Å². The quantitative estimate of drug-likeness (QED) is 0.707. The van der Waals surface area contributed by atoms with Crippen LogP contribution in [-0.4, -0.2) is 32.9 Å². The molecule has 2 N–H and O–H groups in total. The van der Waals surface area contributed by atoms with Gasteiger partial charge in [0.1, 0.15) is 0 Å². The van der Waals surface area contributed by atoms with E-state index in [9.17, 15) is 18.0 Å². The van der Waals surface area contributed by atoms with Crippen molar-refractivity contribution in [3.8, 4) is 0 Å². The smallest absolute Gasteiger partial charge is 0.338 e. The number of esters is 1. The molecule has 7 nitrogen and oxygen atoms in total. The van der Waals surface area contributed by atoms with Crippen LogP contribution in [0.3, 0.4) is 0 Å². The van der Waals surface area contributed by atoms with Gasteiger partial charge in [0.05, 0.1) is 10.5 Å². The molecular formula is C19H22N2O5S. The normalized spacial score (nSPS) is 12.1. The summed E-state index contributed by atoms with van der Waals surface area (Å²) in [5.41, 5.74) is 1.46. The average Bonchev–Trinajstić information content (AvgIpc) is 2.63. The molecule has 0 radical (unpaired) electrons. The first kappa shape index (κ1) is 20.4. The maximum atomic E-state index is 12.5. The van der Waals surface area contributed by atoms with E-state index in [1.807, 2.05) is 6.92 Å². The van der Waals surface area contributed by atoms with Gasteiger partial charge in [0.25, 0.3) is 15.9 Å². The van der Waals surface area contributed by atoms with E-state index in [0.717, 1.165) is 5.56 Å². The van der Waals surface area contributed by atoms with Crippen molar-refractivity contribution in [1.29, 1.82) is 0 Å². The summed E-state index contributed by atoms with van der Waals surface area (Å²) in [6.45, 7) is 5.51. The van der Waals surface area contributed by atoms with Gasteiger partial charge in [-0.2, -0.15) is 0 Å². The minimum atomic E-state index is -3.87. The number of benzene rings is 2. The van der Waals surface area contributed by atoms with E-state index < -0.39 is 28.0 Å². The van der Waals surface area contributed by atoms with Gasteiger partial charge in [0.2, 0.25) is 0 Å². The molecule has 0 fully saturated rings. The summed E-state index contributed by atoms with van der Waals surface area (Å²) in [4.78, 5) is 23.8. The number of sulfonamides is 1. The van der Waals surface area contributed by atoms with Crippen LogP contribution in [0.2, 0.25) is 0 Å². The summed E-state index contributed by atoms with van der Waals surface area (Å²) in [6.07, 6.45) is -0.983. The summed E-state index contributed by atoms with van der Waals surface area (Å²) < 4.78 is 32.6. The van der Waals surface area contributed by atoms with Crippen molar-refractivity contribution >= 4 is 27.6 Å². The third kappa shape index (κ3) is 5.55. The molecule has 0 saturated heterocycles. The minimum absolute atomic E-state index is 0.0397. The number of rotatable bonds is 7. The predicted octanol–water partition coefficient (Wildman–Crippen LogP) is 2.48. The number of hydrogen-bond acceptors (Lipinski definition) is 5. The Kier molecular flexibility index (Phi) is 6.57. The van der Waals surface area contributed by atoms with E-state index >= 15 is 0 Å². The van der Waals surface area contributed by atoms with Crippen molar-refractivity contribution in [2.75, 3.05) is 11.3 Å². The van der Waals surface area contributed by atoms with Gasteiger partial charge in [0, 0.05) is 12.2 Å². The van der Waals surface area contributed by atoms with Gasteiger partial charge < -0.3 is 10.1 Å². The Morgan fingerprint density at radius 2 is 1.78 bits per heavy atom. The monoisotopic (exact) mass is 390 g/mol. The number of amides is 1. The van der Waals surface area contributed by atoms with Gasteiger partial charge in [-0.3, -0.25) is 9.52 Å². The molecule has 2 aromatic carbocycles. The molecule has 144 valence electrons. The molecule has 0 spiro atoms. The molecular weight excluding hydrogens is 368 g/mol. The SMILES string of the molecule is CCNC(=O)[C@@H](C)OC(=O)c1cccc(S(=O)(=O)Nc2ccc(C)cc2)c1. The van der Waals surface area contributed by atoms with Gasteiger partial charge in [-0.05, 0) is 51.1 Å². The van der Waals surface area contributed by atoms with Crippen molar-refractivity contribution in [3.05, 3.63) is 59.7 Å². The largest absolute Gasteiger partial charge is 0.449 e. The van der Waals surface area contributed by atoms with Crippen molar-refractivity contribution in [3.63, 3.8) is 0 Å². The number of carbonyl (C=O) groups is 2. The molecule has 2 rings (SSSR count). The lowest BCUT2D eigenvalue weighted by Gasteiger charge is -2.13. The van der Waals surface area contributed by atoms with Crippen LogP contribution in [0.4, 0.5) is 5.69 Å². The third-order valence-electron chi connectivity index (χ3n) is 3.69. The molecule has 2 aromatic rings. The number of anilines is 1. The van der Waals surface area contributed by atoms with E-state index in [1.165, 1.54) is 31.2 Å². The highest BCUT2D eigenvalue weighted by Crippen LogP contribution is 2.18. The molecule has 0 aliphatic heterocycles. The minimum Gasteiger partial charge on any atom is -0.449 e. The molecule has 0 bridgehead atoms. The Labute approximate surface area is 158 Å². The fourth-order valence-corrected chi connectivity index (χ4v) is 3.33. The van der Waals surface area contributed by atoms with Crippen LogP contribution in [0, 0.1) is 6.92 Å². The highest BCUT2D eigenvalue weighted by atomic mass is 32.2. The Bertz CT molecular complexity index is 923. The molecule has 1 amide bonds. The van der Waals surface area contributed by atoms with Crippen molar-refractivity contribution in [2.45, 2.75) is 31.8 Å². The van der Waals surface area contributed by atoms with Gasteiger partial charge in [-0.1, -0.05) is 23.8 Å². The van der Waals surface area contributed by atoms with Gasteiger partial charge >= 0.3 is 5.97 Å². The molecule has 0 unspecified atom stereocenters. The van der Waals surface area contributed by atoms with Crippen LogP contribution in [-0.2, 0) is 19.6 Å². The van der Waals surface area contributed by atoms with Crippen molar-refractivity contribution in [2.24, 2.45) is 0 Å². The molecule has 8 heteroatoms. The number of likely N-dealkylation sites (N-methyl/N-ethyl adjacent to an activating group) is 1. The first-order chi connectivity index (χ1) is 12.7. The Morgan fingerprint density at radius 3 is 2.41 bits per heavy atom. The van der Waals surface area contributed by atoms with Crippen molar-refractivity contribution in [1.82, 2.24) is 5.32 Å². The lowest BCUT2D eigenvalue weighted by atomic mass is 10.2. The molecule has 0 aliphatic carbocycles. The van der Waals surface area contributed by atoms with E-state index in [0.29, 0.717) is 12.2 Å². The number of ether oxygens (including phenoxy) is 1. The molecule has 0 aromatic heterocycles. The Balaban J connectivity index is 2.17. The second-order valence-corrected chi connectivity index (χ2v) is 7.62. The summed E-state index contributed by atoms with van der Waals surface area (Å²) in [5.74, 6) is -1.20. The molecule has 0 heterocycles. The predicted molar refractivity (Wildman–Crippen MR) is 102 cm³/mol. The maximum Gasteiger partial charge on any atom is 0.338 e. The topological polar surface area (TPSA) is 102 Å². The van der Waals surface area contributed by atoms with Crippen LogP contribution < -0.4 is 10.0 Å². The van der Waals surface area contributed by atoms with E-state index in [-0.39, 0.29) is 10.5 Å². The molecule has 0 aliphatic rings. The number of nitrogens with one attached hydrogen (secondary N) is 2. The zero-order valence-electron chi connectivity index (χ0n) is 15.4. The van der Waals surface area contributed by atoms with Crippen LogP contribution in [0.5, 0.6) is 0 Å². The summed E-state index contributed by atoms with van der Waals surface area (Å²) in [5, 5.41) is 2.55. The highest BCUT2D eigenvalue weighted by Gasteiger charge is 2.21. The van der Waals surface area contributed by atoms with Crippen LogP contribution >= 0.6 is 0 Å². The fourth-order valence-electron chi connectivity index (χ4n) is 2.23. The number of carbonyl (C=O) groups excluding carboxylic acids is 2. The zero-order valence-corrected chi connectivity index (χ0v) is 16.2. The summed E-state index contributed by atoms with van der Waals surface area (Å²) in [7, 11) is -3.87. The van der Waals surface area contributed by atoms with E-state index in [2.05, 4.69) is 10.0 Å². The lowest BCUT2D eigenvalue weighted by Crippen LogP contribution is -2.35. The Morgan fingerprint density at radius 1 is 1.11 bits per heavy atom. The number of aryl methyl sites for hydroxylation is 1. The second-order valence-electron chi connectivity index (χ2n) is 5.94. The number of hydrogen-bond donors (Lipinski definition) is 2. The fraction of sp³-hybridized carbons (Fsp3) is 0.263. The summed E-state index contributed by atoms with van der Waals surface area (Å²) >= 11 is 0. The molecule has 1 atom stereocenters. The Hall–Kier alpha value is -2.87. The lowest BCUT2D eigenvalue weighted by molar-refractivity contribution is -0.128. The second kappa shape index (κ2) is 8.68. The van der Waals surface area contributed by atoms with Crippen molar-refractivity contribution < 1.29 is 22.7 Å². The molecule has 0 saturated carbocycles. The van der Waals surface area contributed by atoms with Crippen LogP contribution in [0.25, 0.3) is 0 Å². The van der Waals surface area contributed by atoms with Gasteiger partial charge in [-0.25, -0.2) is 13.2 Å². The first-order valence-electron chi connectivity index (χ1n) is 8.41. The standard InChI is InChI=1S/C19H22N2O5S/c1-4-20-18(22)14(3)26-19(23)15-6-5-7-17(12-15)27(24,25)21-16-10-8-13(2)9-11-16/h5-12,14,21H,4H2,1-3H3,(H,20,22)/t14-/m1/s1. The van der Waals surface area contributed by atoms with E-state index in [1.54, 1.807) is 31.2 Å². The van der Waals surface area contributed by atoms with Gasteiger partial charge in [0.15, 0.2) is 6.10 Å². The zero-order chi connectivity index (χ0) is 20.0. The summed E-state index contributed by atoms with van der Waals surface area (Å²) in [6, 6.07) is 12.3.